The zero-order chi connectivity index (χ0) is 13.0. The third-order valence-corrected chi connectivity index (χ3v) is 4.22. The van der Waals surface area contributed by atoms with Crippen molar-refractivity contribution >= 4 is 0 Å². The van der Waals surface area contributed by atoms with Crippen molar-refractivity contribution in [2.24, 2.45) is 11.8 Å². The molecule has 1 aliphatic rings. The summed E-state index contributed by atoms with van der Waals surface area (Å²) in [6, 6.07) is 4.60. The Morgan fingerprint density at radius 2 is 2.39 bits per heavy atom. The first kappa shape index (κ1) is 13.5. The summed E-state index contributed by atoms with van der Waals surface area (Å²) in [6.07, 6.45) is 7.95. The maximum atomic E-state index is 5.81. The van der Waals surface area contributed by atoms with Crippen LogP contribution in [0.25, 0.3) is 0 Å². The summed E-state index contributed by atoms with van der Waals surface area (Å²) in [4.78, 5) is 4.62. The Hall–Kier alpha value is -0.930. The minimum atomic E-state index is 0.346. The fraction of sp³-hybridized carbons (Fsp3) is 0.667. The molecular weight excluding hydrogens is 222 g/mol. The van der Waals surface area contributed by atoms with Gasteiger partial charge in [-0.1, -0.05) is 26.3 Å². The molecule has 3 atom stereocenters. The molecule has 0 bridgehead atoms. The van der Waals surface area contributed by atoms with E-state index in [0.29, 0.717) is 17.9 Å². The van der Waals surface area contributed by atoms with Gasteiger partial charge in [0.1, 0.15) is 0 Å². The molecule has 100 valence electrons. The van der Waals surface area contributed by atoms with E-state index < -0.39 is 0 Å². The lowest BCUT2D eigenvalue weighted by atomic mass is 9.77. The van der Waals surface area contributed by atoms with Crippen molar-refractivity contribution in [1.82, 2.24) is 10.4 Å². The van der Waals surface area contributed by atoms with Crippen LogP contribution in [-0.2, 0) is 6.42 Å². The zero-order valence-corrected chi connectivity index (χ0v) is 11.5. The lowest BCUT2D eigenvalue weighted by molar-refractivity contribution is 0.287. The lowest BCUT2D eigenvalue weighted by Gasteiger charge is -2.34. The van der Waals surface area contributed by atoms with E-state index in [9.17, 15) is 0 Å². The number of aromatic nitrogens is 1. The number of pyridine rings is 1. The number of aryl methyl sites for hydroxylation is 1. The minimum absolute atomic E-state index is 0.346. The molecule has 0 aliphatic heterocycles. The maximum Gasteiger partial charge on any atom is 0.0482 e. The van der Waals surface area contributed by atoms with Crippen molar-refractivity contribution in [3.63, 3.8) is 0 Å². The van der Waals surface area contributed by atoms with E-state index in [4.69, 9.17) is 5.84 Å². The first-order valence-corrected chi connectivity index (χ1v) is 7.17. The number of hydrogen-bond acceptors (Lipinski definition) is 3. The van der Waals surface area contributed by atoms with Crippen molar-refractivity contribution in [1.29, 1.82) is 0 Å². The second-order valence-corrected chi connectivity index (χ2v) is 5.50. The summed E-state index contributed by atoms with van der Waals surface area (Å²) < 4.78 is 0. The monoisotopic (exact) mass is 247 g/mol. The number of nitrogens with two attached hydrogens (primary N) is 1. The molecule has 0 saturated carbocycles. The van der Waals surface area contributed by atoms with Crippen molar-refractivity contribution in [3.8, 4) is 0 Å². The highest BCUT2D eigenvalue weighted by atomic mass is 15.2. The van der Waals surface area contributed by atoms with Crippen LogP contribution in [0.15, 0.2) is 18.3 Å². The maximum absolute atomic E-state index is 5.81. The molecule has 0 fully saturated rings. The summed E-state index contributed by atoms with van der Waals surface area (Å²) in [6.45, 7) is 4.53. The minimum Gasteiger partial charge on any atom is -0.271 e. The highest BCUT2D eigenvalue weighted by Gasteiger charge is 2.31. The Bertz CT molecular complexity index is 378. The van der Waals surface area contributed by atoms with Gasteiger partial charge in [0, 0.05) is 23.9 Å². The van der Waals surface area contributed by atoms with Gasteiger partial charge in [-0.15, -0.1) is 0 Å². The quantitative estimate of drug-likeness (QED) is 0.621. The molecule has 0 spiro atoms. The first-order chi connectivity index (χ1) is 8.77. The van der Waals surface area contributed by atoms with Crippen LogP contribution in [0.5, 0.6) is 0 Å². The van der Waals surface area contributed by atoms with Gasteiger partial charge in [0.2, 0.25) is 0 Å². The van der Waals surface area contributed by atoms with Gasteiger partial charge in [0.05, 0.1) is 0 Å². The number of hydrazine groups is 1. The molecule has 1 aromatic heterocycles. The van der Waals surface area contributed by atoms with Gasteiger partial charge >= 0.3 is 0 Å². The molecule has 3 unspecified atom stereocenters. The zero-order valence-electron chi connectivity index (χ0n) is 11.5. The van der Waals surface area contributed by atoms with Gasteiger partial charge in [0.15, 0.2) is 0 Å². The van der Waals surface area contributed by atoms with Crippen LogP contribution in [-0.4, -0.2) is 11.0 Å². The number of fused-ring (bicyclic) bond motifs is 1. The number of hydrogen-bond donors (Lipinski definition) is 2. The largest absolute Gasteiger partial charge is 0.271 e. The molecule has 0 radical (unpaired) electrons. The average molecular weight is 247 g/mol. The fourth-order valence-corrected chi connectivity index (χ4v) is 3.31. The van der Waals surface area contributed by atoms with Crippen LogP contribution in [0.2, 0.25) is 0 Å². The summed E-state index contributed by atoms with van der Waals surface area (Å²) >= 11 is 0. The summed E-state index contributed by atoms with van der Waals surface area (Å²) in [5.74, 6) is 6.88. The van der Waals surface area contributed by atoms with Gasteiger partial charge < -0.3 is 0 Å². The molecule has 0 saturated heterocycles. The van der Waals surface area contributed by atoms with Gasteiger partial charge in [-0.3, -0.25) is 16.3 Å². The summed E-state index contributed by atoms with van der Waals surface area (Å²) in [5, 5.41) is 0. The van der Waals surface area contributed by atoms with Crippen LogP contribution in [0.4, 0.5) is 0 Å². The van der Waals surface area contributed by atoms with Gasteiger partial charge in [0.25, 0.3) is 0 Å². The smallest absolute Gasteiger partial charge is 0.0482 e. The summed E-state index contributed by atoms with van der Waals surface area (Å²) in [5.41, 5.74) is 5.74. The molecule has 0 aromatic carbocycles. The van der Waals surface area contributed by atoms with Crippen LogP contribution in [0, 0.1) is 5.92 Å². The highest BCUT2D eigenvalue weighted by Crippen LogP contribution is 2.35. The first-order valence-electron chi connectivity index (χ1n) is 7.17. The molecule has 2 rings (SSSR count). The predicted octanol–water partition coefficient (Wildman–Crippen LogP) is 2.77. The Balaban J connectivity index is 2.22. The molecule has 0 amide bonds. The summed E-state index contributed by atoms with van der Waals surface area (Å²) in [7, 11) is 0. The van der Waals surface area contributed by atoms with Crippen LogP contribution in [0.3, 0.4) is 0 Å². The number of rotatable bonds is 5. The van der Waals surface area contributed by atoms with E-state index in [0.717, 1.165) is 0 Å². The molecule has 18 heavy (non-hydrogen) atoms. The molecule has 3 heteroatoms. The van der Waals surface area contributed by atoms with Crippen molar-refractivity contribution < 1.29 is 0 Å². The fourth-order valence-electron chi connectivity index (χ4n) is 3.31. The van der Waals surface area contributed by atoms with Crippen molar-refractivity contribution in [2.45, 2.75) is 57.9 Å². The Morgan fingerprint density at radius 1 is 1.56 bits per heavy atom. The van der Waals surface area contributed by atoms with E-state index in [1.54, 1.807) is 0 Å². The van der Waals surface area contributed by atoms with Crippen molar-refractivity contribution in [3.05, 3.63) is 29.6 Å². The van der Waals surface area contributed by atoms with E-state index in [2.05, 4.69) is 30.3 Å². The third kappa shape index (κ3) is 2.73. The molecule has 1 aromatic rings. The molecule has 3 N–H and O–H groups in total. The highest BCUT2D eigenvalue weighted by molar-refractivity contribution is 5.27. The second-order valence-electron chi connectivity index (χ2n) is 5.50. The van der Waals surface area contributed by atoms with E-state index in [1.165, 1.54) is 43.4 Å². The molecule has 3 nitrogen and oxygen atoms in total. The SMILES string of the molecule is CCCC(C)C(NN)C1CCCc2cccnc21. The van der Waals surface area contributed by atoms with Crippen LogP contribution in [0.1, 0.15) is 56.7 Å². The van der Waals surface area contributed by atoms with Gasteiger partial charge in [-0.05, 0) is 43.2 Å². The Kier molecular flexibility index (Phi) is 4.72. The van der Waals surface area contributed by atoms with Crippen LogP contribution >= 0.6 is 0 Å². The molecule has 1 aliphatic carbocycles. The third-order valence-electron chi connectivity index (χ3n) is 4.22. The van der Waals surface area contributed by atoms with E-state index >= 15 is 0 Å². The average Bonchev–Trinajstić information content (AvgIpc) is 2.40. The van der Waals surface area contributed by atoms with Crippen LogP contribution < -0.4 is 11.3 Å². The predicted molar refractivity (Wildman–Crippen MR) is 75.1 cm³/mol. The Labute approximate surface area is 110 Å². The van der Waals surface area contributed by atoms with Gasteiger partial charge in [-0.25, -0.2) is 0 Å². The number of nitrogens with one attached hydrogen (secondary N) is 1. The topological polar surface area (TPSA) is 50.9 Å². The second kappa shape index (κ2) is 6.30. The lowest BCUT2D eigenvalue weighted by Crippen LogP contribution is -2.45. The van der Waals surface area contributed by atoms with Crippen molar-refractivity contribution in [2.75, 3.05) is 0 Å². The standard InChI is InChI=1S/C15H25N3/c1-3-6-11(2)14(18-16)13-9-4-7-12-8-5-10-17-15(12)13/h5,8,10-11,13-14,18H,3-4,6-7,9,16H2,1-2H3. The van der Waals surface area contributed by atoms with E-state index in [-0.39, 0.29) is 0 Å². The normalized spacial score (nSPS) is 22.3. The van der Waals surface area contributed by atoms with E-state index in [1.807, 2.05) is 12.3 Å². The van der Waals surface area contributed by atoms with Gasteiger partial charge in [-0.2, -0.15) is 0 Å². The number of nitrogens with zero attached hydrogens (tertiary/aromatic N) is 1. The molecule has 1 heterocycles. The molecular formula is C15H25N3. The Morgan fingerprint density at radius 3 is 3.11 bits per heavy atom.